The second-order valence-electron chi connectivity index (χ2n) is 9.55. The molecule has 0 spiro atoms. The van der Waals surface area contributed by atoms with Gasteiger partial charge in [0.15, 0.2) is 17.2 Å². The summed E-state index contributed by atoms with van der Waals surface area (Å²) in [5, 5.41) is 0. The van der Waals surface area contributed by atoms with Crippen molar-refractivity contribution in [1.29, 1.82) is 0 Å². The quantitative estimate of drug-likeness (QED) is 0.306. The molecule has 0 aromatic heterocycles. The lowest BCUT2D eigenvalue weighted by Gasteiger charge is -2.18. The molecule has 0 unspecified atom stereocenters. The van der Waals surface area contributed by atoms with Crippen LogP contribution in [0.25, 0.3) is 6.08 Å². The second kappa shape index (κ2) is 10.7. The molecule has 190 valence electrons. The van der Waals surface area contributed by atoms with Gasteiger partial charge in [0.2, 0.25) is 5.90 Å². The molecule has 4 rings (SSSR count). The van der Waals surface area contributed by atoms with E-state index in [1.165, 1.54) is 12.7 Å². The van der Waals surface area contributed by atoms with Crippen LogP contribution in [0.1, 0.15) is 53.4 Å². The standard InChI is InChI=1S/C30H29NO6/c1-30(2,3)23-13-11-21(12-14-23)27-31-24(29(33)37-27)16-20-8-15-25(26(17-20)34-4)36-18-19-6-9-22(10-7-19)28(32)35-5/h6-17H,18H2,1-5H3/b24-16-. The highest BCUT2D eigenvalue weighted by atomic mass is 16.6. The van der Waals surface area contributed by atoms with E-state index in [9.17, 15) is 9.59 Å². The van der Waals surface area contributed by atoms with Crippen molar-refractivity contribution in [2.24, 2.45) is 4.99 Å². The predicted octanol–water partition coefficient (Wildman–Crippen LogP) is 5.70. The maximum Gasteiger partial charge on any atom is 0.363 e. The average Bonchev–Trinajstić information content (AvgIpc) is 3.27. The molecular formula is C30H29NO6. The molecule has 0 saturated carbocycles. The number of carbonyl (C=O) groups excluding carboxylic acids is 2. The topological polar surface area (TPSA) is 83.4 Å². The molecule has 0 atom stereocenters. The molecule has 0 saturated heterocycles. The lowest BCUT2D eigenvalue weighted by Crippen LogP contribution is -2.11. The molecule has 1 aliphatic rings. The number of ether oxygens (including phenoxy) is 4. The first-order chi connectivity index (χ1) is 17.7. The van der Waals surface area contributed by atoms with Gasteiger partial charge in [-0.05, 0) is 64.6 Å². The zero-order valence-electron chi connectivity index (χ0n) is 21.5. The molecule has 37 heavy (non-hydrogen) atoms. The van der Waals surface area contributed by atoms with Crippen LogP contribution in [0, 0.1) is 0 Å². The van der Waals surface area contributed by atoms with Crippen LogP contribution < -0.4 is 9.47 Å². The summed E-state index contributed by atoms with van der Waals surface area (Å²) in [6, 6.07) is 20.2. The van der Waals surface area contributed by atoms with E-state index in [2.05, 4.69) is 25.8 Å². The summed E-state index contributed by atoms with van der Waals surface area (Å²) in [4.78, 5) is 28.5. The Bertz CT molecular complexity index is 1360. The van der Waals surface area contributed by atoms with Gasteiger partial charge in [0, 0.05) is 5.56 Å². The Morgan fingerprint density at radius 1 is 0.946 bits per heavy atom. The second-order valence-corrected chi connectivity index (χ2v) is 9.55. The molecule has 0 aliphatic carbocycles. The number of hydrogen-bond donors (Lipinski definition) is 0. The summed E-state index contributed by atoms with van der Waals surface area (Å²) in [6.45, 7) is 6.71. The fourth-order valence-electron chi connectivity index (χ4n) is 3.71. The van der Waals surface area contributed by atoms with E-state index >= 15 is 0 Å². The highest BCUT2D eigenvalue weighted by molar-refractivity contribution is 6.12. The van der Waals surface area contributed by atoms with Crippen LogP contribution in [-0.2, 0) is 26.3 Å². The van der Waals surface area contributed by atoms with Crippen LogP contribution >= 0.6 is 0 Å². The molecule has 1 heterocycles. The van der Waals surface area contributed by atoms with Crippen molar-refractivity contribution in [3.05, 3.63) is 100 Å². The van der Waals surface area contributed by atoms with Crippen molar-refractivity contribution in [2.75, 3.05) is 14.2 Å². The Hall–Kier alpha value is -4.39. The van der Waals surface area contributed by atoms with E-state index in [4.69, 9.17) is 18.9 Å². The van der Waals surface area contributed by atoms with Crippen molar-refractivity contribution >= 4 is 23.9 Å². The number of cyclic esters (lactones) is 1. The molecule has 0 bridgehead atoms. The molecule has 3 aromatic carbocycles. The van der Waals surface area contributed by atoms with E-state index < -0.39 is 5.97 Å². The smallest absolute Gasteiger partial charge is 0.363 e. The van der Waals surface area contributed by atoms with E-state index in [0.717, 1.165) is 11.1 Å². The summed E-state index contributed by atoms with van der Waals surface area (Å²) in [6.07, 6.45) is 1.65. The highest BCUT2D eigenvalue weighted by Gasteiger charge is 2.25. The Labute approximate surface area is 216 Å². The minimum absolute atomic E-state index is 0.0296. The van der Waals surface area contributed by atoms with Crippen molar-refractivity contribution < 1.29 is 28.5 Å². The minimum atomic E-state index is -0.510. The van der Waals surface area contributed by atoms with Gasteiger partial charge in [0.1, 0.15) is 6.61 Å². The predicted molar refractivity (Wildman–Crippen MR) is 141 cm³/mol. The summed E-state index contributed by atoms with van der Waals surface area (Å²) in [5.41, 5.74) is 4.23. The Balaban J connectivity index is 1.48. The van der Waals surface area contributed by atoms with Gasteiger partial charge in [-0.15, -0.1) is 0 Å². The van der Waals surface area contributed by atoms with Crippen LogP contribution in [0.3, 0.4) is 0 Å². The molecule has 7 nitrogen and oxygen atoms in total. The van der Waals surface area contributed by atoms with Crippen LogP contribution in [0.5, 0.6) is 11.5 Å². The van der Waals surface area contributed by atoms with E-state index in [1.54, 1.807) is 49.6 Å². The number of esters is 2. The maximum atomic E-state index is 12.5. The fraction of sp³-hybridized carbons (Fsp3) is 0.233. The first-order valence-corrected chi connectivity index (χ1v) is 11.8. The monoisotopic (exact) mass is 499 g/mol. The number of hydrogen-bond acceptors (Lipinski definition) is 7. The molecule has 7 heteroatoms. The third kappa shape index (κ3) is 6.06. The van der Waals surface area contributed by atoms with Gasteiger partial charge in [-0.2, -0.15) is 0 Å². The van der Waals surface area contributed by atoms with Crippen molar-refractivity contribution in [3.63, 3.8) is 0 Å². The normalized spacial score (nSPS) is 14.2. The third-order valence-corrected chi connectivity index (χ3v) is 5.88. The zero-order chi connectivity index (χ0) is 26.6. The van der Waals surface area contributed by atoms with Crippen LogP contribution in [0.2, 0.25) is 0 Å². The molecule has 3 aromatic rings. The number of benzene rings is 3. The highest BCUT2D eigenvalue weighted by Crippen LogP contribution is 2.31. The maximum absolute atomic E-state index is 12.5. The SMILES string of the molecule is COC(=O)c1ccc(COc2ccc(/C=C3\N=C(c4ccc(C(C)(C)C)cc4)OC3=O)cc2OC)cc1. The average molecular weight is 500 g/mol. The van der Waals surface area contributed by atoms with E-state index in [-0.39, 0.29) is 29.6 Å². The Morgan fingerprint density at radius 2 is 1.65 bits per heavy atom. The van der Waals surface area contributed by atoms with Gasteiger partial charge >= 0.3 is 11.9 Å². The third-order valence-electron chi connectivity index (χ3n) is 5.88. The minimum Gasteiger partial charge on any atom is -0.493 e. The molecule has 0 N–H and O–H groups in total. The van der Waals surface area contributed by atoms with Gasteiger partial charge in [-0.3, -0.25) is 0 Å². The van der Waals surface area contributed by atoms with Gasteiger partial charge < -0.3 is 18.9 Å². The number of carbonyl (C=O) groups is 2. The lowest BCUT2D eigenvalue weighted by molar-refractivity contribution is -0.129. The summed E-state index contributed by atoms with van der Waals surface area (Å²) < 4.78 is 21.5. The van der Waals surface area contributed by atoms with Gasteiger partial charge in [-0.25, -0.2) is 14.6 Å². The molecule has 0 radical (unpaired) electrons. The Morgan fingerprint density at radius 3 is 2.27 bits per heavy atom. The van der Waals surface area contributed by atoms with E-state index in [0.29, 0.717) is 22.6 Å². The van der Waals surface area contributed by atoms with Gasteiger partial charge in [-0.1, -0.05) is 51.1 Å². The van der Waals surface area contributed by atoms with Crippen LogP contribution in [0.4, 0.5) is 0 Å². The summed E-state index contributed by atoms with van der Waals surface area (Å²) >= 11 is 0. The number of methoxy groups -OCH3 is 2. The molecular weight excluding hydrogens is 470 g/mol. The lowest BCUT2D eigenvalue weighted by atomic mass is 9.87. The largest absolute Gasteiger partial charge is 0.493 e. The van der Waals surface area contributed by atoms with Crippen molar-refractivity contribution in [2.45, 2.75) is 32.8 Å². The van der Waals surface area contributed by atoms with Crippen molar-refractivity contribution in [3.8, 4) is 11.5 Å². The zero-order valence-corrected chi connectivity index (χ0v) is 21.5. The summed E-state index contributed by atoms with van der Waals surface area (Å²) in [5.74, 6) is 0.430. The van der Waals surface area contributed by atoms with Crippen LogP contribution in [-0.4, -0.2) is 32.1 Å². The van der Waals surface area contributed by atoms with Crippen molar-refractivity contribution in [1.82, 2.24) is 0 Å². The first-order valence-electron chi connectivity index (χ1n) is 11.8. The fourth-order valence-corrected chi connectivity index (χ4v) is 3.71. The van der Waals surface area contributed by atoms with Gasteiger partial charge in [0.05, 0.1) is 19.8 Å². The number of rotatable bonds is 7. The Kier molecular flexibility index (Phi) is 7.43. The first kappa shape index (κ1) is 25.7. The number of aliphatic imine (C=N–C) groups is 1. The van der Waals surface area contributed by atoms with E-state index in [1.807, 2.05) is 30.3 Å². The molecule has 1 aliphatic heterocycles. The summed E-state index contributed by atoms with van der Waals surface area (Å²) in [7, 11) is 2.89. The van der Waals surface area contributed by atoms with Gasteiger partial charge in [0.25, 0.3) is 0 Å². The molecule has 0 fully saturated rings. The number of nitrogens with zero attached hydrogens (tertiary/aromatic N) is 1. The van der Waals surface area contributed by atoms with Crippen LogP contribution in [0.15, 0.2) is 77.4 Å². The molecule has 0 amide bonds.